The minimum Gasteiger partial charge on any atom is -0.353 e. The van der Waals surface area contributed by atoms with Crippen molar-refractivity contribution >= 4 is 5.91 Å². The van der Waals surface area contributed by atoms with E-state index in [0.29, 0.717) is 12.5 Å². The third-order valence-electron chi connectivity index (χ3n) is 3.95. The molecule has 3 nitrogen and oxygen atoms in total. The Labute approximate surface area is 106 Å². The molecule has 0 radical (unpaired) electrons. The molecular formula is C14H28N2O. The minimum absolute atomic E-state index is 0.234. The Morgan fingerprint density at radius 1 is 1.29 bits per heavy atom. The van der Waals surface area contributed by atoms with Crippen molar-refractivity contribution in [2.24, 2.45) is 11.1 Å². The number of carbonyl (C=O) groups excluding carboxylic acids is 1. The van der Waals surface area contributed by atoms with Crippen molar-refractivity contribution in [3.8, 4) is 0 Å². The molecule has 0 saturated heterocycles. The summed E-state index contributed by atoms with van der Waals surface area (Å²) in [7, 11) is 0. The van der Waals surface area contributed by atoms with Gasteiger partial charge in [-0.3, -0.25) is 4.79 Å². The van der Waals surface area contributed by atoms with Crippen LogP contribution in [0.4, 0.5) is 0 Å². The van der Waals surface area contributed by atoms with E-state index < -0.39 is 0 Å². The highest BCUT2D eigenvalue weighted by atomic mass is 16.1. The van der Waals surface area contributed by atoms with Gasteiger partial charge in [0.1, 0.15) is 0 Å². The molecule has 1 aliphatic carbocycles. The Balaban J connectivity index is 2.12. The summed E-state index contributed by atoms with van der Waals surface area (Å²) in [6.07, 6.45) is 8.65. The van der Waals surface area contributed by atoms with Crippen molar-refractivity contribution < 1.29 is 4.79 Å². The van der Waals surface area contributed by atoms with Crippen molar-refractivity contribution in [3.63, 3.8) is 0 Å². The number of unbranched alkanes of at least 4 members (excludes halogenated alkanes) is 3. The number of nitrogens with one attached hydrogen (secondary N) is 1. The first-order valence-electron chi connectivity index (χ1n) is 7.06. The second-order valence-corrected chi connectivity index (χ2v) is 5.95. The average molecular weight is 240 g/mol. The van der Waals surface area contributed by atoms with Crippen LogP contribution in [0.1, 0.15) is 65.2 Å². The highest BCUT2D eigenvalue weighted by Gasteiger charge is 2.35. The van der Waals surface area contributed by atoms with E-state index in [2.05, 4.69) is 19.2 Å². The molecule has 0 aliphatic heterocycles. The molecule has 0 bridgehead atoms. The molecule has 0 aromatic rings. The van der Waals surface area contributed by atoms with Crippen molar-refractivity contribution in [2.45, 2.75) is 71.3 Å². The third-order valence-corrected chi connectivity index (χ3v) is 3.95. The van der Waals surface area contributed by atoms with Gasteiger partial charge in [-0.25, -0.2) is 0 Å². The van der Waals surface area contributed by atoms with Gasteiger partial charge >= 0.3 is 0 Å². The summed E-state index contributed by atoms with van der Waals surface area (Å²) in [5.74, 6) is 0.234. The van der Waals surface area contributed by atoms with E-state index in [9.17, 15) is 4.79 Å². The maximum absolute atomic E-state index is 11.8. The minimum atomic E-state index is 0.234. The fraction of sp³-hybridized carbons (Fsp3) is 0.929. The van der Waals surface area contributed by atoms with Crippen molar-refractivity contribution in [2.75, 3.05) is 6.54 Å². The maximum Gasteiger partial charge on any atom is 0.220 e. The van der Waals surface area contributed by atoms with Crippen molar-refractivity contribution in [1.29, 1.82) is 0 Å². The molecule has 0 aromatic carbocycles. The van der Waals surface area contributed by atoms with Crippen LogP contribution in [0.5, 0.6) is 0 Å². The standard InChI is InChI=1S/C14H28N2O/c1-14(2)10-7-8-12(14)16-13(17)9-5-3-4-6-11-15/h12H,3-11,15H2,1-2H3,(H,16,17). The van der Waals surface area contributed by atoms with Crippen molar-refractivity contribution in [1.82, 2.24) is 5.32 Å². The number of amides is 1. The monoisotopic (exact) mass is 240 g/mol. The van der Waals surface area contributed by atoms with Gasteiger partial charge in [-0.05, 0) is 37.6 Å². The lowest BCUT2D eigenvalue weighted by molar-refractivity contribution is -0.122. The van der Waals surface area contributed by atoms with E-state index in [-0.39, 0.29) is 11.3 Å². The number of rotatable bonds is 7. The molecule has 100 valence electrons. The first kappa shape index (κ1) is 14.5. The lowest BCUT2D eigenvalue weighted by Crippen LogP contribution is -2.41. The summed E-state index contributed by atoms with van der Waals surface area (Å²) in [5, 5.41) is 3.20. The molecule has 1 amide bonds. The quantitative estimate of drug-likeness (QED) is 0.672. The van der Waals surface area contributed by atoms with Gasteiger partial charge in [0.2, 0.25) is 5.91 Å². The number of nitrogens with two attached hydrogens (primary N) is 1. The van der Waals surface area contributed by atoms with Crippen LogP contribution in [0.2, 0.25) is 0 Å². The number of hydrogen-bond donors (Lipinski definition) is 2. The van der Waals surface area contributed by atoms with Crippen LogP contribution in [0.3, 0.4) is 0 Å². The molecule has 17 heavy (non-hydrogen) atoms. The van der Waals surface area contributed by atoms with E-state index in [1.807, 2.05) is 0 Å². The maximum atomic E-state index is 11.8. The van der Waals surface area contributed by atoms with Crippen LogP contribution < -0.4 is 11.1 Å². The number of carbonyl (C=O) groups is 1. The zero-order valence-electron chi connectivity index (χ0n) is 11.4. The van der Waals surface area contributed by atoms with Gasteiger partial charge < -0.3 is 11.1 Å². The summed E-state index contributed by atoms with van der Waals surface area (Å²) < 4.78 is 0. The van der Waals surface area contributed by atoms with Crippen molar-refractivity contribution in [3.05, 3.63) is 0 Å². The number of hydrogen-bond acceptors (Lipinski definition) is 2. The average Bonchev–Trinajstić information content (AvgIpc) is 2.58. The smallest absolute Gasteiger partial charge is 0.220 e. The van der Waals surface area contributed by atoms with E-state index in [4.69, 9.17) is 5.73 Å². The molecule has 1 aliphatic rings. The summed E-state index contributed by atoms with van der Waals surface area (Å²) in [6.45, 7) is 5.28. The first-order chi connectivity index (χ1) is 8.06. The largest absolute Gasteiger partial charge is 0.353 e. The summed E-state index contributed by atoms with van der Waals surface area (Å²) in [4.78, 5) is 11.8. The Morgan fingerprint density at radius 3 is 2.59 bits per heavy atom. The summed E-state index contributed by atoms with van der Waals surface area (Å²) in [5.41, 5.74) is 5.72. The van der Waals surface area contributed by atoms with Gasteiger partial charge in [-0.1, -0.05) is 33.1 Å². The molecule has 1 unspecified atom stereocenters. The normalized spacial score (nSPS) is 22.6. The first-order valence-corrected chi connectivity index (χ1v) is 7.06. The van der Waals surface area contributed by atoms with Gasteiger partial charge in [0.05, 0.1) is 0 Å². The Hall–Kier alpha value is -0.570. The fourth-order valence-corrected chi connectivity index (χ4v) is 2.64. The predicted molar refractivity (Wildman–Crippen MR) is 71.7 cm³/mol. The molecule has 0 spiro atoms. The second kappa shape index (κ2) is 7.00. The van der Waals surface area contributed by atoms with E-state index in [1.165, 1.54) is 12.8 Å². The Bertz CT molecular complexity index is 238. The molecule has 1 rings (SSSR count). The van der Waals surface area contributed by atoms with Gasteiger partial charge in [0.15, 0.2) is 0 Å². The van der Waals surface area contributed by atoms with Crippen LogP contribution in [-0.2, 0) is 4.79 Å². The molecule has 3 heteroatoms. The van der Waals surface area contributed by atoms with E-state index >= 15 is 0 Å². The van der Waals surface area contributed by atoms with Crippen LogP contribution in [-0.4, -0.2) is 18.5 Å². The summed E-state index contributed by atoms with van der Waals surface area (Å²) in [6, 6.07) is 0.388. The van der Waals surface area contributed by atoms with Crippen LogP contribution in [0.25, 0.3) is 0 Å². The highest BCUT2D eigenvalue weighted by molar-refractivity contribution is 5.76. The zero-order chi connectivity index (χ0) is 12.7. The Kier molecular flexibility index (Phi) is 5.96. The predicted octanol–water partition coefficient (Wildman–Crippen LogP) is 2.59. The molecule has 0 heterocycles. The Morgan fingerprint density at radius 2 is 2.00 bits per heavy atom. The van der Waals surface area contributed by atoms with E-state index in [1.54, 1.807) is 0 Å². The molecule has 3 N–H and O–H groups in total. The van der Waals surface area contributed by atoms with Gasteiger partial charge in [-0.2, -0.15) is 0 Å². The molecule has 1 fully saturated rings. The topological polar surface area (TPSA) is 55.1 Å². The second-order valence-electron chi connectivity index (χ2n) is 5.95. The third kappa shape index (κ3) is 5.07. The van der Waals surface area contributed by atoms with Crippen LogP contribution in [0.15, 0.2) is 0 Å². The van der Waals surface area contributed by atoms with Gasteiger partial charge in [0, 0.05) is 12.5 Å². The van der Waals surface area contributed by atoms with Crippen LogP contribution >= 0.6 is 0 Å². The molecule has 1 atom stereocenters. The molecular weight excluding hydrogens is 212 g/mol. The fourth-order valence-electron chi connectivity index (χ4n) is 2.64. The zero-order valence-corrected chi connectivity index (χ0v) is 11.4. The van der Waals surface area contributed by atoms with E-state index in [0.717, 1.165) is 38.6 Å². The SMILES string of the molecule is CC1(C)CCCC1NC(=O)CCCCCCN. The lowest BCUT2D eigenvalue weighted by atomic mass is 9.87. The van der Waals surface area contributed by atoms with Gasteiger partial charge in [-0.15, -0.1) is 0 Å². The highest BCUT2D eigenvalue weighted by Crippen LogP contribution is 2.37. The molecule has 1 saturated carbocycles. The lowest BCUT2D eigenvalue weighted by Gasteiger charge is -2.27. The van der Waals surface area contributed by atoms with Crippen LogP contribution in [0, 0.1) is 5.41 Å². The van der Waals surface area contributed by atoms with Gasteiger partial charge in [0.25, 0.3) is 0 Å². The summed E-state index contributed by atoms with van der Waals surface area (Å²) >= 11 is 0. The molecule has 0 aromatic heterocycles.